The van der Waals surface area contributed by atoms with E-state index < -0.39 is 0 Å². The van der Waals surface area contributed by atoms with Crippen molar-refractivity contribution in [2.75, 3.05) is 7.11 Å². The summed E-state index contributed by atoms with van der Waals surface area (Å²) in [6.45, 7) is 0. The Bertz CT molecular complexity index is 20.9. The first-order chi connectivity index (χ1) is 2.27. The predicted octanol–water partition coefficient (Wildman–Crippen LogP) is -0.372. The standard InChI is InChI=1S/CH5NO3/c1-5-2(3)4/h3-4H,1H3. The van der Waals surface area contributed by atoms with Crippen molar-refractivity contribution in [3.63, 3.8) is 0 Å². The second kappa shape index (κ2) is 2.10. The van der Waals surface area contributed by atoms with Gasteiger partial charge in [-0.1, -0.05) is 0 Å². The Morgan fingerprint density at radius 2 is 1.80 bits per heavy atom. The summed E-state index contributed by atoms with van der Waals surface area (Å²) in [6, 6.07) is 0. The van der Waals surface area contributed by atoms with Crippen LogP contribution < -0.4 is 0 Å². The van der Waals surface area contributed by atoms with Crippen LogP contribution in [-0.4, -0.2) is 22.9 Å². The molecule has 0 saturated carbocycles. The van der Waals surface area contributed by atoms with Crippen LogP contribution in [0.1, 0.15) is 0 Å². The zero-order valence-corrected chi connectivity index (χ0v) is 2.75. The quantitative estimate of drug-likeness (QED) is 0.421. The highest BCUT2D eigenvalue weighted by Gasteiger charge is 1.76. The normalized spacial score (nSPS) is 9.60. The van der Waals surface area contributed by atoms with Gasteiger partial charge in [0.1, 0.15) is 0 Å². The molecule has 0 radical (unpaired) electrons. The molecule has 0 atom stereocenters. The Morgan fingerprint density at radius 3 is 1.80 bits per heavy atom. The van der Waals surface area contributed by atoms with Crippen LogP contribution in [0.15, 0.2) is 0 Å². The Kier molecular flexibility index (Phi) is 2.03. The number of hydrogen-bond donors (Lipinski definition) is 2. The van der Waals surface area contributed by atoms with Crippen molar-refractivity contribution in [1.29, 1.82) is 0 Å². The Morgan fingerprint density at radius 1 is 1.60 bits per heavy atom. The minimum Gasteiger partial charge on any atom is -0.266 e. The van der Waals surface area contributed by atoms with E-state index in [1.807, 2.05) is 0 Å². The smallest absolute Gasteiger partial charge is 0.0709 e. The summed E-state index contributed by atoms with van der Waals surface area (Å²) < 4.78 is 0. The van der Waals surface area contributed by atoms with E-state index in [4.69, 9.17) is 10.4 Å². The van der Waals surface area contributed by atoms with Crippen molar-refractivity contribution < 1.29 is 15.3 Å². The van der Waals surface area contributed by atoms with Gasteiger partial charge in [0.25, 0.3) is 0 Å². The van der Waals surface area contributed by atoms with Gasteiger partial charge in [0, 0.05) is 0 Å². The third kappa shape index (κ3) is 3.84. The molecule has 0 aliphatic carbocycles. The fourth-order valence-electron chi connectivity index (χ4n) is 0. The molecular formula is CH5NO3. The maximum Gasteiger partial charge on any atom is 0.0709 e. The summed E-state index contributed by atoms with van der Waals surface area (Å²) in [6.07, 6.45) is 0. The number of nitrogens with zero attached hydrogens (tertiary/aromatic N) is 1. The molecular weight excluding hydrogens is 74.0 g/mol. The van der Waals surface area contributed by atoms with Gasteiger partial charge in [0.05, 0.1) is 12.5 Å². The highest BCUT2D eigenvalue weighted by Crippen LogP contribution is 1.62. The van der Waals surface area contributed by atoms with Crippen LogP contribution in [0, 0.1) is 0 Å². The van der Waals surface area contributed by atoms with Gasteiger partial charge in [0.15, 0.2) is 0 Å². The number of hydrogen-bond acceptors (Lipinski definition) is 4. The van der Waals surface area contributed by atoms with E-state index in [2.05, 4.69) is 4.84 Å². The van der Waals surface area contributed by atoms with Crippen LogP contribution in [0.5, 0.6) is 0 Å². The van der Waals surface area contributed by atoms with Crippen LogP contribution in [-0.2, 0) is 4.84 Å². The lowest BCUT2D eigenvalue weighted by Gasteiger charge is -1.95. The van der Waals surface area contributed by atoms with Crippen molar-refractivity contribution in [3.05, 3.63) is 0 Å². The second-order valence-corrected chi connectivity index (χ2v) is 0.435. The van der Waals surface area contributed by atoms with E-state index in [9.17, 15) is 0 Å². The lowest BCUT2D eigenvalue weighted by molar-refractivity contribution is -0.483. The molecule has 0 bridgehead atoms. The zero-order valence-electron chi connectivity index (χ0n) is 2.75. The first-order valence-electron chi connectivity index (χ1n) is 0.991. The first-order valence-corrected chi connectivity index (χ1v) is 0.991. The molecule has 0 amide bonds. The van der Waals surface area contributed by atoms with Gasteiger partial charge in [-0.25, -0.2) is 0 Å². The van der Waals surface area contributed by atoms with Gasteiger partial charge in [-0.3, -0.25) is 15.3 Å². The highest BCUT2D eigenvalue weighted by molar-refractivity contribution is 3.51. The van der Waals surface area contributed by atoms with Crippen LogP contribution in [0.2, 0.25) is 0 Å². The fourth-order valence-corrected chi connectivity index (χ4v) is 0. The molecule has 0 fully saturated rings. The Balaban J connectivity index is 2.54. The minimum atomic E-state index is -0.375. The van der Waals surface area contributed by atoms with Gasteiger partial charge in [-0.15, -0.1) is 0 Å². The van der Waals surface area contributed by atoms with Crippen molar-refractivity contribution in [1.82, 2.24) is 5.39 Å². The van der Waals surface area contributed by atoms with Crippen LogP contribution in [0.4, 0.5) is 0 Å². The molecule has 0 aliphatic heterocycles. The Labute approximate surface area is 29.1 Å². The molecule has 0 aliphatic rings. The molecule has 0 saturated heterocycles. The van der Waals surface area contributed by atoms with Gasteiger partial charge >= 0.3 is 0 Å². The molecule has 0 aromatic heterocycles. The third-order valence-electron chi connectivity index (χ3n) is 0.163. The maximum atomic E-state index is 7.53. The second-order valence-electron chi connectivity index (χ2n) is 0.435. The molecule has 4 nitrogen and oxygen atoms in total. The van der Waals surface area contributed by atoms with E-state index >= 15 is 0 Å². The van der Waals surface area contributed by atoms with Crippen LogP contribution in [0.3, 0.4) is 0 Å². The molecule has 0 aromatic carbocycles. The predicted molar refractivity (Wildman–Crippen MR) is 12.4 cm³/mol. The molecule has 5 heavy (non-hydrogen) atoms. The lowest BCUT2D eigenvalue weighted by Crippen LogP contribution is -2.09. The summed E-state index contributed by atoms with van der Waals surface area (Å²) in [5.41, 5.74) is 0. The summed E-state index contributed by atoms with van der Waals surface area (Å²) in [5.74, 6) is 0. The van der Waals surface area contributed by atoms with Crippen LogP contribution >= 0.6 is 0 Å². The van der Waals surface area contributed by atoms with Crippen molar-refractivity contribution in [2.24, 2.45) is 0 Å². The van der Waals surface area contributed by atoms with Crippen molar-refractivity contribution in [2.45, 2.75) is 0 Å². The van der Waals surface area contributed by atoms with Crippen LogP contribution in [0.25, 0.3) is 0 Å². The van der Waals surface area contributed by atoms with Gasteiger partial charge in [-0.2, -0.15) is 0 Å². The summed E-state index contributed by atoms with van der Waals surface area (Å²) >= 11 is 0. The van der Waals surface area contributed by atoms with Gasteiger partial charge in [0.2, 0.25) is 0 Å². The topological polar surface area (TPSA) is 52.9 Å². The minimum absolute atomic E-state index is 0.375. The largest absolute Gasteiger partial charge is 0.266 e. The van der Waals surface area contributed by atoms with Crippen molar-refractivity contribution in [3.8, 4) is 0 Å². The molecule has 0 rings (SSSR count). The lowest BCUT2D eigenvalue weighted by atomic mass is 11.7. The fraction of sp³-hybridized carbons (Fsp3) is 1.00. The van der Waals surface area contributed by atoms with E-state index in [0.29, 0.717) is 0 Å². The van der Waals surface area contributed by atoms with Gasteiger partial charge < -0.3 is 0 Å². The SMILES string of the molecule is CON(O)O. The Hall–Kier alpha value is -0.160. The van der Waals surface area contributed by atoms with E-state index in [1.54, 1.807) is 0 Å². The molecule has 0 aromatic rings. The monoisotopic (exact) mass is 79.0 g/mol. The summed E-state index contributed by atoms with van der Waals surface area (Å²) in [7, 11) is 1.12. The van der Waals surface area contributed by atoms with E-state index in [-0.39, 0.29) is 5.39 Å². The average Bonchev–Trinajstić information content (AvgIpc) is 1.38. The number of rotatable bonds is 1. The summed E-state index contributed by atoms with van der Waals surface area (Å²) in [5, 5.41) is 14.7. The maximum absolute atomic E-state index is 7.53. The molecule has 2 N–H and O–H groups in total. The van der Waals surface area contributed by atoms with Crippen molar-refractivity contribution >= 4 is 0 Å². The van der Waals surface area contributed by atoms with E-state index in [0.717, 1.165) is 7.11 Å². The highest BCUT2D eigenvalue weighted by atomic mass is 17.1. The summed E-state index contributed by atoms with van der Waals surface area (Å²) in [4.78, 5) is 3.69. The third-order valence-corrected chi connectivity index (χ3v) is 0.163. The zero-order chi connectivity index (χ0) is 4.28. The molecule has 32 valence electrons. The van der Waals surface area contributed by atoms with E-state index in [1.165, 1.54) is 0 Å². The van der Waals surface area contributed by atoms with Gasteiger partial charge in [-0.05, 0) is 0 Å². The molecule has 0 unspecified atom stereocenters. The molecule has 4 heteroatoms. The molecule has 0 heterocycles. The first kappa shape index (κ1) is 4.84. The molecule has 0 spiro atoms. The average molecular weight is 79.1 g/mol.